The number of hydrogen-bond acceptors (Lipinski definition) is 5. The van der Waals surface area contributed by atoms with Crippen molar-refractivity contribution in [1.82, 2.24) is 10.0 Å². The van der Waals surface area contributed by atoms with Gasteiger partial charge in [0.2, 0.25) is 0 Å². The Kier molecular flexibility index (Phi) is 7.86. The van der Waals surface area contributed by atoms with Crippen molar-refractivity contribution in [3.63, 3.8) is 0 Å². The monoisotopic (exact) mass is 444 g/mol. The summed E-state index contributed by atoms with van der Waals surface area (Å²) in [7, 11) is -4.47. The quantitative estimate of drug-likeness (QED) is 0.673. The van der Waals surface area contributed by atoms with Gasteiger partial charge in [-0.3, -0.25) is 0 Å². The molecule has 0 spiro atoms. The van der Waals surface area contributed by atoms with Gasteiger partial charge in [-0.25, -0.2) is 22.1 Å². The molecule has 0 radical (unpaired) electrons. The molecule has 0 aromatic heterocycles. The van der Waals surface area contributed by atoms with Crippen LogP contribution in [-0.4, -0.2) is 47.1 Å². The molecular weight excluding hydrogens is 412 g/mol. The molecule has 1 aromatic carbocycles. The minimum absolute atomic E-state index is 0.164. The van der Waals surface area contributed by atoms with Crippen molar-refractivity contribution >= 4 is 26.9 Å². The van der Waals surface area contributed by atoms with Gasteiger partial charge in [0.05, 0.1) is 21.0 Å². The lowest BCUT2D eigenvalue weighted by atomic mass is 9.82. The van der Waals surface area contributed by atoms with Crippen molar-refractivity contribution in [1.29, 1.82) is 0 Å². The molecular formula is C20H32N2O5S2. The van der Waals surface area contributed by atoms with E-state index in [0.29, 0.717) is 25.7 Å². The molecule has 1 aliphatic rings. The first-order valence-corrected chi connectivity index (χ1v) is 12.8. The van der Waals surface area contributed by atoms with Gasteiger partial charge in [0.1, 0.15) is 16.4 Å². The van der Waals surface area contributed by atoms with E-state index in [9.17, 15) is 17.4 Å². The third-order valence-corrected chi connectivity index (χ3v) is 8.56. The Hall–Kier alpha value is -1.45. The van der Waals surface area contributed by atoms with Crippen LogP contribution >= 0.6 is 0 Å². The van der Waals surface area contributed by atoms with Crippen molar-refractivity contribution in [2.75, 3.05) is 12.8 Å². The molecule has 2 rings (SSSR count). The number of ether oxygens (including phenoxy) is 1. The zero-order valence-corrected chi connectivity index (χ0v) is 19.2. The molecule has 1 aliphatic carbocycles. The summed E-state index contributed by atoms with van der Waals surface area (Å²) in [6, 6.07) is 9.38. The molecule has 1 fully saturated rings. The van der Waals surface area contributed by atoms with Gasteiger partial charge in [-0.15, -0.1) is 0 Å². The summed E-state index contributed by atoms with van der Waals surface area (Å²) >= 11 is 0. The highest BCUT2D eigenvalue weighted by Crippen LogP contribution is 2.32. The van der Waals surface area contributed by atoms with Crippen LogP contribution in [0.2, 0.25) is 0 Å². The van der Waals surface area contributed by atoms with E-state index in [1.54, 1.807) is 0 Å². The van der Waals surface area contributed by atoms with E-state index in [4.69, 9.17) is 4.74 Å². The number of carbonyl (C=O) groups is 1. The number of sulfone groups is 1. The average molecular weight is 445 g/mol. The summed E-state index contributed by atoms with van der Waals surface area (Å²) in [5.74, 6) is 0. The van der Waals surface area contributed by atoms with Crippen LogP contribution in [0.5, 0.6) is 0 Å². The molecule has 7 nitrogen and oxygen atoms in total. The molecule has 9 heteroatoms. The summed E-state index contributed by atoms with van der Waals surface area (Å²) < 4.78 is 44.5. The van der Waals surface area contributed by atoms with E-state index in [-0.39, 0.29) is 13.2 Å². The number of hydrogen-bond donors (Lipinski definition) is 2. The lowest BCUT2D eigenvalue weighted by molar-refractivity contribution is 0.134. The lowest BCUT2D eigenvalue weighted by Crippen LogP contribution is -2.58. The highest BCUT2D eigenvalue weighted by atomic mass is 32.2. The molecule has 0 bridgehead atoms. The van der Waals surface area contributed by atoms with E-state index < -0.39 is 42.5 Å². The zero-order chi connectivity index (χ0) is 21.7. The second-order valence-corrected chi connectivity index (χ2v) is 13.0. The molecule has 1 atom stereocenters. The molecule has 1 aromatic rings. The standard InChI is InChI=1S/C20H32N2O5S2/c1-19(2,3)28(24)22-20(12-10-17(11-13-20)29(4,25)26)15-21-18(23)27-14-16-8-6-5-7-9-16/h5-9,17,22H,10-15H2,1-4H3,(H,21,23). The Morgan fingerprint density at radius 1 is 1.21 bits per heavy atom. The van der Waals surface area contributed by atoms with Crippen molar-refractivity contribution in [3.8, 4) is 0 Å². The molecule has 1 saturated carbocycles. The lowest BCUT2D eigenvalue weighted by Gasteiger charge is -2.41. The Morgan fingerprint density at radius 2 is 1.79 bits per heavy atom. The normalized spacial score (nSPS) is 23.9. The van der Waals surface area contributed by atoms with E-state index >= 15 is 0 Å². The van der Waals surface area contributed by atoms with Crippen molar-refractivity contribution in [2.24, 2.45) is 0 Å². The number of rotatable bonds is 7. The minimum atomic E-state index is -3.12. The van der Waals surface area contributed by atoms with Crippen LogP contribution in [0.4, 0.5) is 4.79 Å². The second kappa shape index (κ2) is 9.57. The minimum Gasteiger partial charge on any atom is -0.445 e. The van der Waals surface area contributed by atoms with E-state index in [0.717, 1.165) is 5.56 Å². The smallest absolute Gasteiger partial charge is 0.407 e. The predicted molar refractivity (Wildman–Crippen MR) is 115 cm³/mol. The third kappa shape index (κ3) is 7.38. The second-order valence-electron chi connectivity index (χ2n) is 8.71. The van der Waals surface area contributed by atoms with Crippen LogP contribution in [0.3, 0.4) is 0 Å². The first kappa shape index (κ1) is 23.8. The molecule has 0 aliphatic heterocycles. The number of nitrogens with one attached hydrogen (secondary N) is 2. The molecule has 1 amide bonds. The van der Waals surface area contributed by atoms with Crippen molar-refractivity contribution in [3.05, 3.63) is 35.9 Å². The highest BCUT2D eigenvalue weighted by Gasteiger charge is 2.41. The van der Waals surface area contributed by atoms with Crippen LogP contribution in [0, 0.1) is 0 Å². The average Bonchev–Trinajstić information content (AvgIpc) is 2.64. The number of carbonyl (C=O) groups excluding carboxylic acids is 1. The fourth-order valence-corrected chi connectivity index (χ4v) is 5.32. The first-order chi connectivity index (χ1) is 13.4. The largest absolute Gasteiger partial charge is 0.445 e. The molecule has 1 unspecified atom stereocenters. The first-order valence-electron chi connectivity index (χ1n) is 9.74. The maximum absolute atomic E-state index is 12.7. The van der Waals surface area contributed by atoms with Crippen LogP contribution in [0.15, 0.2) is 30.3 Å². The topological polar surface area (TPSA) is 102 Å². The van der Waals surface area contributed by atoms with E-state index in [1.807, 2.05) is 51.1 Å². The van der Waals surface area contributed by atoms with Gasteiger partial charge in [0.15, 0.2) is 0 Å². The van der Waals surface area contributed by atoms with Gasteiger partial charge in [0, 0.05) is 18.3 Å². The summed E-state index contributed by atoms with van der Waals surface area (Å²) in [6.45, 7) is 5.99. The third-order valence-electron chi connectivity index (χ3n) is 5.14. The van der Waals surface area contributed by atoms with Crippen molar-refractivity contribution < 1.29 is 22.2 Å². The maximum atomic E-state index is 12.7. The number of alkyl carbamates (subject to hydrolysis) is 1. The summed E-state index contributed by atoms with van der Waals surface area (Å²) in [4.78, 5) is 12.2. The van der Waals surface area contributed by atoms with Crippen LogP contribution < -0.4 is 10.0 Å². The van der Waals surface area contributed by atoms with Gasteiger partial charge >= 0.3 is 6.09 Å². The van der Waals surface area contributed by atoms with E-state index in [2.05, 4.69) is 10.0 Å². The summed E-state index contributed by atoms with van der Waals surface area (Å²) in [6.07, 6.45) is 2.64. The fraction of sp³-hybridized carbons (Fsp3) is 0.650. The van der Waals surface area contributed by atoms with Crippen LogP contribution in [0.1, 0.15) is 52.0 Å². The van der Waals surface area contributed by atoms with E-state index in [1.165, 1.54) is 6.26 Å². The molecule has 2 N–H and O–H groups in total. The Morgan fingerprint density at radius 3 is 2.31 bits per heavy atom. The Balaban J connectivity index is 2.00. The number of amides is 1. The molecule has 0 saturated heterocycles. The van der Waals surface area contributed by atoms with Gasteiger partial charge in [-0.2, -0.15) is 0 Å². The van der Waals surface area contributed by atoms with Crippen molar-refractivity contribution in [2.45, 2.75) is 68.6 Å². The van der Waals surface area contributed by atoms with Gasteiger partial charge in [-0.1, -0.05) is 30.3 Å². The Labute approximate surface area is 176 Å². The van der Waals surface area contributed by atoms with Crippen LogP contribution in [0.25, 0.3) is 0 Å². The maximum Gasteiger partial charge on any atom is 0.407 e. The zero-order valence-electron chi connectivity index (χ0n) is 17.6. The predicted octanol–water partition coefficient (Wildman–Crippen LogP) is 2.69. The summed E-state index contributed by atoms with van der Waals surface area (Å²) in [5, 5.41) is 2.37. The molecule has 29 heavy (non-hydrogen) atoms. The molecule has 164 valence electrons. The fourth-order valence-electron chi connectivity index (χ4n) is 3.25. The van der Waals surface area contributed by atoms with Gasteiger partial charge in [0.25, 0.3) is 0 Å². The Bertz CT molecular complexity index is 811. The SMILES string of the molecule is CC(C)(C)S(=O)NC1(CNC(=O)OCc2ccccc2)CCC(S(C)(=O)=O)CC1. The molecule has 0 heterocycles. The van der Waals surface area contributed by atoms with Gasteiger partial charge < -0.3 is 10.1 Å². The van der Waals surface area contributed by atoms with Crippen LogP contribution in [-0.2, 0) is 32.2 Å². The van der Waals surface area contributed by atoms with Gasteiger partial charge in [-0.05, 0) is 52.0 Å². The highest BCUT2D eigenvalue weighted by molar-refractivity contribution is 7.91. The number of benzene rings is 1. The summed E-state index contributed by atoms with van der Waals surface area (Å²) in [5.41, 5.74) is 0.253.